The average Bonchev–Trinajstić information content (AvgIpc) is 1.82. The Morgan fingerprint density at radius 1 is 1.44 bits per heavy atom. The summed E-state index contributed by atoms with van der Waals surface area (Å²) in [6.07, 6.45) is 4.76. The molecule has 0 atom stereocenters. The highest BCUT2D eigenvalue weighted by molar-refractivity contribution is 6.43. The Bertz CT molecular complexity index is 166. The Labute approximate surface area is 54.9 Å². The van der Waals surface area contributed by atoms with Crippen LogP contribution in [0.5, 0.6) is 0 Å². The molecule has 0 saturated carbocycles. The predicted octanol–water partition coefficient (Wildman–Crippen LogP) is 1.79. The van der Waals surface area contributed by atoms with Gasteiger partial charge in [-0.15, -0.1) is 0 Å². The summed E-state index contributed by atoms with van der Waals surface area (Å²) >= 11 is 0. The van der Waals surface area contributed by atoms with E-state index < -0.39 is 0 Å². The van der Waals surface area contributed by atoms with Gasteiger partial charge in [0.1, 0.15) is 0 Å². The summed E-state index contributed by atoms with van der Waals surface area (Å²) in [5.74, 6) is 0. The summed E-state index contributed by atoms with van der Waals surface area (Å²) < 4.78 is 0. The minimum absolute atomic E-state index is 0.231. The summed E-state index contributed by atoms with van der Waals surface area (Å²) in [6, 6.07) is 0. The van der Waals surface area contributed by atoms with E-state index in [4.69, 9.17) is 10.8 Å². The maximum absolute atomic E-state index is 7.09. The minimum atomic E-state index is 0.231. The van der Waals surface area contributed by atoms with Crippen LogP contribution >= 0.6 is 0 Å². The van der Waals surface area contributed by atoms with Crippen molar-refractivity contribution in [1.29, 1.82) is 10.8 Å². The second-order valence-corrected chi connectivity index (χ2v) is 1.63. The maximum atomic E-state index is 7.09. The van der Waals surface area contributed by atoms with E-state index >= 15 is 0 Å². The fourth-order valence-electron chi connectivity index (χ4n) is 0.289. The minimum Gasteiger partial charge on any atom is -0.303 e. The lowest BCUT2D eigenvalue weighted by Crippen LogP contribution is -2.01. The van der Waals surface area contributed by atoms with Gasteiger partial charge in [0, 0.05) is 0 Å². The van der Waals surface area contributed by atoms with Crippen LogP contribution in [0.25, 0.3) is 0 Å². The molecule has 0 aliphatic carbocycles. The molecule has 9 heavy (non-hydrogen) atoms. The van der Waals surface area contributed by atoms with E-state index in [-0.39, 0.29) is 11.4 Å². The maximum Gasteiger partial charge on any atom is 0.0744 e. The molecule has 0 unspecified atom stereocenters. The first-order chi connectivity index (χ1) is 4.18. The molecule has 0 fully saturated rings. The molecular formula is C7H10N2. The second-order valence-electron chi connectivity index (χ2n) is 1.63. The van der Waals surface area contributed by atoms with Crippen LogP contribution in [-0.4, -0.2) is 11.4 Å². The molecule has 0 saturated heterocycles. The molecule has 0 aromatic carbocycles. The zero-order valence-electron chi connectivity index (χ0n) is 5.44. The molecule has 0 amide bonds. The quantitative estimate of drug-likeness (QED) is 0.423. The van der Waals surface area contributed by atoms with Crippen LogP contribution in [0.15, 0.2) is 24.8 Å². The molecule has 0 aliphatic heterocycles. The third-order valence-electron chi connectivity index (χ3n) is 0.803. The Hall–Kier alpha value is -1.18. The van der Waals surface area contributed by atoms with Crippen molar-refractivity contribution in [3.05, 3.63) is 24.8 Å². The highest BCUT2D eigenvalue weighted by Crippen LogP contribution is 1.80. The van der Waals surface area contributed by atoms with Crippen LogP contribution in [0.3, 0.4) is 0 Å². The van der Waals surface area contributed by atoms with Gasteiger partial charge in [-0.25, -0.2) is 0 Å². The predicted molar refractivity (Wildman–Crippen MR) is 40.5 cm³/mol. The summed E-state index contributed by atoms with van der Waals surface area (Å²) in [6.45, 7) is 5.02. The van der Waals surface area contributed by atoms with Crippen molar-refractivity contribution in [1.82, 2.24) is 0 Å². The second kappa shape index (κ2) is 3.78. The van der Waals surface area contributed by atoms with Crippen LogP contribution in [0, 0.1) is 10.8 Å². The third-order valence-corrected chi connectivity index (χ3v) is 0.803. The fourth-order valence-corrected chi connectivity index (χ4v) is 0.289. The number of rotatable bonds is 3. The molecular weight excluding hydrogens is 112 g/mol. The Balaban J connectivity index is 3.92. The van der Waals surface area contributed by atoms with Crippen molar-refractivity contribution in [2.24, 2.45) is 0 Å². The molecule has 48 valence electrons. The largest absolute Gasteiger partial charge is 0.303 e. The molecule has 0 spiro atoms. The third kappa shape index (κ3) is 3.41. The summed E-state index contributed by atoms with van der Waals surface area (Å²) in [5, 5.41) is 14.1. The van der Waals surface area contributed by atoms with Crippen molar-refractivity contribution in [3.8, 4) is 0 Å². The van der Waals surface area contributed by atoms with Gasteiger partial charge in [0.2, 0.25) is 0 Å². The van der Waals surface area contributed by atoms with Gasteiger partial charge in [-0.1, -0.05) is 18.7 Å². The van der Waals surface area contributed by atoms with Crippen molar-refractivity contribution in [3.63, 3.8) is 0 Å². The SMILES string of the molecule is C=C/C=C\C(=N)C(C)=N. The molecule has 0 bridgehead atoms. The van der Waals surface area contributed by atoms with Gasteiger partial charge in [-0.05, 0) is 13.0 Å². The van der Waals surface area contributed by atoms with E-state index in [9.17, 15) is 0 Å². The molecule has 2 nitrogen and oxygen atoms in total. The zero-order chi connectivity index (χ0) is 7.28. The van der Waals surface area contributed by atoms with Crippen LogP contribution in [0.4, 0.5) is 0 Å². The van der Waals surface area contributed by atoms with Gasteiger partial charge < -0.3 is 5.41 Å². The van der Waals surface area contributed by atoms with Crippen molar-refractivity contribution in [2.75, 3.05) is 0 Å². The Morgan fingerprint density at radius 3 is 2.33 bits per heavy atom. The first-order valence-electron chi connectivity index (χ1n) is 2.61. The van der Waals surface area contributed by atoms with Gasteiger partial charge in [-0.3, -0.25) is 5.41 Å². The van der Waals surface area contributed by atoms with Gasteiger partial charge in [0.15, 0.2) is 0 Å². The van der Waals surface area contributed by atoms with E-state index in [0.717, 1.165) is 0 Å². The monoisotopic (exact) mass is 122 g/mol. The number of hydrogen-bond donors (Lipinski definition) is 2. The lowest BCUT2D eigenvalue weighted by atomic mass is 10.2. The van der Waals surface area contributed by atoms with Gasteiger partial charge in [-0.2, -0.15) is 0 Å². The topological polar surface area (TPSA) is 47.7 Å². The van der Waals surface area contributed by atoms with Crippen LogP contribution in [0.2, 0.25) is 0 Å². The first kappa shape index (κ1) is 7.82. The van der Waals surface area contributed by atoms with Crippen molar-refractivity contribution in [2.45, 2.75) is 6.92 Å². The van der Waals surface area contributed by atoms with Crippen molar-refractivity contribution >= 4 is 11.4 Å². The molecule has 0 aromatic heterocycles. The van der Waals surface area contributed by atoms with E-state index in [1.54, 1.807) is 19.1 Å². The summed E-state index contributed by atoms with van der Waals surface area (Å²) in [4.78, 5) is 0. The molecule has 2 N–H and O–H groups in total. The molecule has 0 aliphatic rings. The first-order valence-corrected chi connectivity index (χ1v) is 2.61. The lowest BCUT2D eigenvalue weighted by molar-refractivity contribution is 1.47. The Morgan fingerprint density at radius 2 is 2.00 bits per heavy atom. The normalized spacial score (nSPS) is 9.44. The molecule has 0 rings (SSSR count). The van der Waals surface area contributed by atoms with Crippen molar-refractivity contribution < 1.29 is 0 Å². The van der Waals surface area contributed by atoms with Gasteiger partial charge in [0.25, 0.3) is 0 Å². The number of hydrogen-bond acceptors (Lipinski definition) is 2. The van der Waals surface area contributed by atoms with Gasteiger partial charge >= 0.3 is 0 Å². The van der Waals surface area contributed by atoms with E-state index in [1.165, 1.54) is 6.08 Å². The number of nitrogens with one attached hydrogen (secondary N) is 2. The highest BCUT2D eigenvalue weighted by atomic mass is 14.5. The fraction of sp³-hybridized carbons (Fsp3) is 0.143. The van der Waals surface area contributed by atoms with Crippen LogP contribution in [0.1, 0.15) is 6.92 Å². The van der Waals surface area contributed by atoms with Gasteiger partial charge in [0.05, 0.1) is 11.4 Å². The van der Waals surface area contributed by atoms with Crippen LogP contribution < -0.4 is 0 Å². The van der Waals surface area contributed by atoms with Crippen LogP contribution in [-0.2, 0) is 0 Å². The van der Waals surface area contributed by atoms with E-state index in [0.29, 0.717) is 0 Å². The molecule has 0 aromatic rings. The van der Waals surface area contributed by atoms with E-state index in [1.807, 2.05) is 0 Å². The summed E-state index contributed by atoms with van der Waals surface area (Å²) in [5.41, 5.74) is 0.503. The standard InChI is InChI=1S/C7H10N2/c1-3-4-5-7(9)6(2)8/h3-5,8-9H,1H2,2H3/b5-4-,8-6?,9-7?. The smallest absolute Gasteiger partial charge is 0.0744 e. The average molecular weight is 122 g/mol. The molecule has 0 heterocycles. The highest BCUT2D eigenvalue weighted by Gasteiger charge is 1.88. The lowest BCUT2D eigenvalue weighted by Gasteiger charge is -1.88. The Kier molecular flexibility index (Phi) is 3.28. The van der Waals surface area contributed by atoms with E-state index in [2.05, 4.69) is 6.58 Å². The zero-order valence-corrected chi connectivity index (χ0v) is 5.44. The molecule has 2 heteroatoms. The summed E-state index contributed by atoms with van der Waals surface area (Å²) in [7, 11) is 0. The number of allylic oxidation sites excluding steroid dienone is 3. The molecule has 0 radical (unpaired) electrons.